The fourth-order valence-electron chi connectivity index (χ4n) is 1.69. The van der Waals surface area contributed by atoms with Gasteiger partial charge in [0.05, 0.1) is 12.0 Å². The van der Waals surface area contributed by atoms with E-state index in [1.54, 1.807) is 6.08 Å². The van der Waals surface area contributed by atoms with Gasteiger partial charge in [-0.1, -0.05) is 19.1 Å². The second-order valence-electron chi connectivity index (χ2n) is 3.76. The van der Waals surface area contributed by atoms with Gasteiger partial charge < -0.3 is 4.74 Å². The van der Waals surface area contributed by atoms with Crippen molar-refractivity contribution in [3.8, 4) is 0 Å². The van der Waals surface area contributed by atoms with Crippen molar-refractivity contribution in [1.82, 2.24) is 0 Å². The van der Waals surface area contributed by atoms with Crippen LogP contribution in [0.1, 0.15) is 39.5 Å². The van der Waals surface area contributed by atoms with E-state index in [9.17, 15) is 4.79 Å². The normalized spacial score (nSPS) is 12.1. The molecule has 102 valence electrons. The Bertz CT molecular complexity index is 290. The molecular formula is C14H22O4. The first-order valence-corrected chi connectivity index (χ1v) is 5.96. The van der Waals surface area contributed by atoms with Crippen LogP contribution in [0.25, 0.3) is 0 Å². The van der Waals surface area contributed by atoms with Gasteiger partial charge in [0.25, 0.3) is 0 Å². The summed E-state index contributed by atoms with van der Waals surface area (Å²) in [7, 11) is 0. The lowest BCUT2D eigenvalue weighted by Crippen LogP contribution is -2.32. The number of ether oxygens (including phenoxy) is 1. The molecule has 0 fully saturated rings. The Labute approximate surface area is 109 Å². The van der Waals surface area contributed by atoms with Crippen LogP contribution < -0.4 is 0 Å². The summed E-state index contributed by atoms with van der Waals surface area (Å²) in [5, 5.41) is 0. The molecule has 0 aliphatic carbocycles. The lowest BCUT2D eigenvalue weighted by atomic mass is 9.77. The average Bonchev–Trinajstić information content (AvgIpc) is 2.36. The van der Waals surface area contributed by atoms with Crippen molar-refractivity contribution in [3.63, 3.8) is 0 Å². The number of hydrogen-bond donors (Lipinski definition) is 0. The SMILES string of the molecule is C=CCCC(CC)(CC=C)C(=O)OCC.O=C=O. The molecule has 0 aromatic carbocycles. The van der Waals surface area contributed by atoms with Gasteiger partial charge in [-0.25, -0.2) is 0 Å². The number of rotatable bonds is 8. The van der Waals surface area contributed by atoms with Crippen molar-refractivity contribution in [3.05, 3.63) is 25.3 Å². The van der Waals surface area contributed by atoms with Crippen molar-refractivity contribution >= 4 is 12.1 Å². The van der Waals surface area contributed by atoms with Crippen LogP contribution in [-0.4, -0.2) is 18.7 Å². The van der Waals surface area contributed by atoms with E-state index in [1.165, 1.54) is 0 Å². The van der Waals surface area contributed by atoms with Crippen LogP contribution in [0.4, 0.5) is 0 Å². The predicted molar refractivity (Wildman–Crippen MR) is 68.6 cm³/mol. The summed E-state index contributed by atoms with van der Waals surface area (Å²) in [6.07, 6.45) is 6.97. The van der Waals surface area contributed by atoms with Crippen LogP contribution in [0.3, 0.4) is 0 Å². The van der Waals surface area contributed by atoms with Crippen molar-refractivity contribution in [2.75, 3.05) is 6.61 Å². The minimum Gasteiger partial charge on any atom is -0.466 e. The molecule has 4 nitrogen and oxygen atoms in total. The van der Waals surface area contributed by atoms with Crippen molar-refractivity contribution in [1.29, 1.82) is 0 Å². The quantitative estimate of drug-likeness (QED) is 0.493. The number of esters is 1. The Morgan fingerprint density at radius 3 is 2.17 bits per heavy atom. The molecule has 0 N–H and O–H groups in total. The van der Waals surface area contributed by atoms with E-state index in [1.807, 2.05) is 19.9 Å². The highest BCUT2D eigenvalue weighted by molar-refractivity contribution is 5.77. The maximum atomic E-state index is 11.9. The third kappa shape index (κ3) is 6.81. The first-order valence-electron chi connectivity index (χ1n) is 5.96. The molecule has 0 rings (SSSR count). The summed E-state index contributed by atoms with van der Waals surface area (Å²) in [6, 6.07) is 0. The molecule has 0 aliphatic heterocycles. The Hall–Kier alpha value is -1.67. The zero-order chi connectivity index (χ0) is 14.4. The van der Waals surface area contributed by atoms with E-state index >= 15 is 0 Å². The molecule has 0 saturated heterocycles. The fraction of sp³-hybridized carbons (Fsp3) is 0.571. The minimum absolute atomic E-state index is 0.103. The van der Waals surface area contributed by atoms with Gasteiger partial charge in [0, 0.05) is 0 Å². The molecule has 0 saturated carbocycles. The van der Waals surface area contributed by atoms with Crippen molar-refractivity contribution < 1.29 is 19.1 Å². The summed E-state index contributed by atoms with van der Waals surface area (Å²) in [6.45, 7) is 11.7. The van der Waals surface area contributed by atoms with Crippen LogP contribution >= 0.6 is 0 Å². The Morgan fingerprint density at radius 2 is 1.83 bits per heavy atom. The van der Waals surface area contributed by atoms with E-state index in [-0.39, 0.29) is 12.1 Å². The average molecular weight is 254 g/mol. The molecule has 0 aromatic rings. The van der Waals surface area contributed by atoms with Crippen molar-refractivity contribution in [2.24, 2.45) is 5.41 Å². The largest absolute Gasteiger partial charge is 0.466 e. The Balaban J connectivity index is 0. The summed E-state index contributed by atoms with van der Waals surface area (Å²) in [5.74, 6) is -0.103. The van der Waals surface area contributed by atoms with Gasteiger partial charge in [-0.3, -0.25) is 4.79 Å². The molecule has 0 aliphatic rings. The Kier molecular flexibility index (Phi) is 12.3. The van der Waals surface area contributed by atoms with E-state index in [2.05, 4.69) is 13.2 Å². The Morgan fingerprint density at radius 1 is 1.28 bits per heavy atom. The maximum Gasteiger partial charge on any atom is 0.373 e. The van der Waals surface area contributed by atoms with Gasteiger partial charge in [0.15, 0.2) is 0 Å². The first-order chi connectivity index (χ1) is 8.58. The first kappa shape index (κ1) is 18.7. The number of carbonyl (C=O) groups excluding carboxylic acids is 3. The topological polar surface area (TPSA) is 60.4 Å². The van der Waals surface area contributed by atoms with Gasteiger partial charge in [-0.15, -0.1) is 13.2 Å². The molecule has 1 unspecified atom stereocenters. The third-order valence-corrected chi connectivity index (χ3v) is 2.75. The molecule has 4 heteroatoms. The van der Waals surface area contributed by atoms with Gasteiger partial charge in [-0.2, -0.15) is 9.59 Å². The second kappa shape index (κ2) is 11.8. The predicted octanol–water partition coefficient (Wildman–Crippen LogP) is 2.90. The number of carbonyl (C=O) groups is 1. The van der Waals surface area contributed by atoms with E-state index < -0.39 is 5.41 Å². The highest BCUT2D eigenvalue weighted by Crippen LogP contribution is 2.34. The van der Waals surface area contributed by atoms with E-state index in [0.717, 1.165) is 19.3 Å². The van der Waals surface area contributed by atoms with Crippen LogP contribution in [0.15, 0.2) is 25.3 Å². The van der Waals surface area contributed by atoms with Crippen LogP contribution in [0.2, 0.25) is 0 Å². The number of hydrogen-bond acceptors (Lipinski definition) is 4. The third-order valence-electron chi connectivity index (χ3n) is 2.75. The van der Waals surface area contributed by atoms with Gasteiger partial charge in [0.1, 0.15) is 0 Å². The molecule has 0 spiro atoms. The zero-order valence-corrected chi connectivity index (χ0v) is 11.2. The summed E-state index contributed by atoms with van der Waals surface area (Å²) in [5.41, 5.74) is -0.397. The molecular weight excluding hydrogens is 232 g/mol. The van der Waals surface area contributed by atoms with Crippen molar-refractivity contribution in [2.45, 2.75) is 39.5 Å². The molecule has 1 atom stereocenters. The van der Waals surface area contributed by atoms with Crippen LogP contribution in [0.5, 0.6) is 0 Å². The molecule has 0 aromatic heterocycles. The number of allylic oxidation sites excluding steroid dienone is 2. The molecule has 0 amide bonds. The monoisotopic (exact) mass is 254 g/mol. The smallest absolute Gasteiger partial charge is 0.373 e. The van der Waals surface area contributed by atoms with Gasteiger partial charge in [0.2, 0.25) is 0 Å². The van der Waals surface area contributed by atoms with Gasteiger partial charge >= 0.3 is 12.1 Å². The van der Waals surface area contributed by atoms with Crippen LogP contribution in [-0.2, 0) is 19.1 Å². The van der Waals surface area contributed by atoms with Gasteiger partial charge in [-0.05, 0) is 32.6 Å². The molecule has 0 bridgehead atoms. The highest BCUT2D eigenvalue weighted by Gasteiger charge is 2.35. The molecule has 0 heterocycles. The second-order valence-corrected chi connectivity index (χ2v) is 3.76. The minimum atomic E-state index is -0.397. The maximum absolute atomic E-state index is 11.9. The van der Waals surface area contributed by atoms with Crippen LogP contribution in [0, 0.1) is 5.41 Å². The lowest BCUT2D eigenvalue weighted by molar-refractivity contribution is -0.191. The highest BCUT2D eigenvalue weighted by atomic mass is 16.5. The summed E-state index contributed by atoms with van der Waals surface area (Å²) < 4.78 is 5.13. The summed E-state index contributed by atoms with van der Waals surface area (Å²) >= 11 is 0. The molecule has 18 heavy (non-hydrogen) atoms. The molecule has 0 radical (unpaired) electrons. The lowest BCUT2D eigenvalue weighted by Gasteiger charge is -2.28. The zero-order valence-electron chi connectivity index (χ0n) is 11.2. The standard InChI is InChI=1S/C13H22O2.CO2/c1-5-9-11-13(7-3,10-6-2)12(14)15-8-4;2-1-3/h5-6H,1-2,7-11H2,3-4H3;. The van der Waals surface area contributed by atoms with E-state index in [4.69, 9.17) is 14.3 Å². The fourth-order valence-corrected chi connectivity index (χ4v) is 1.69. The summed E-state index contributed by atoms with van der Waals surface area (Å²) in [4.78, 5) is 28.1. The van der Waals surface area contributed by atoms with E-state index in [0.29, 0.717) is 13.0 Å².